The lowest BCUT2D eigenvalue weighted by Gasteiger charge is -2.53. The molecule has 1 atom stereocenters. The molecule has 1 aliphatic carbocycles. The van der Waals surface area contributed by atoms with Gasteiger partial charge in [-0.05, 0) is 32.2 Å². The van der Waals surface area contributed by atoms with Gasteiger partial charge < -0.3 is 4.90 Å². The lowest BCUT2D eigenvalue weighted by Crippen LogP contribution is -2.59. The van der Waals surface area contributed by atoms with E-state index in [0.717, 1.165) is 11.5 Å². The molecule has 0 aromatic rings. The maximum Gasteiger partial charge on any atom is 0.0133 e. The minimum absolute atomic E-state index is 0.773. The minimum atomic E-state index is 0.773. The second-order valence-corrected chi connectivity index (χ2v) is 4.16. The molecule has 1 saturated carbocycles. The van der Waals surface area contributed by atoms with Gasteiger partial charge in [0.1, 0.15) is 0 Å². The van der Waals surface area contributed by atoms with Crippen LogP contribution in [0.1, 0.15) is 32.6 Å². The smallest absolute Gasteiger partial charge is 0.0133 e. The zero-order valence-corrected chi connectivity index (χ0v) is 7.06. The van der Waals surface area contributed by atoms with Crippen LogP contribution in [-0.2, 0) is 0 Å². The molecule has 0 bridgehead atoms. The third-order valence-electron chi connectivity index (χ3n) is 3.71. The Labute approximate surface area is 63.4 Å². The molecule has 0 amide bonds. The highest BCUT2D eigenvalue weighted by molar-refractivity contribution is 5.02. The molecule has 0 radical (unpaired) electrons. The van der Waals surface area contributed by atoms with Gasteiger partial charge in [-0.1, -0.05) is 12.8 Å². The van der Waals surface area contributed by atoms with Crippen LogP contribution in [0.3, 0.4) is 0 Å². The molecule has 10 heavy (non-hydrogen) atoms. The zero-order valence-electron chi connectivity index (χ0n) is 7.06. The van der Waals surface area contributed by atoms with Crippen molar-refractivity contribution in [1.29, 1.82) is 0 Å². The summed E-state index contributed by atoms with van der Waals surface area (Å²) in [6, 6.07) is 0.870. The Kier molecular flexibility index (Phi) is 1.31. The van der Waals surface area contributed by atoms with Crippen molar-refractivity contribution in [3.8, 4) is 0 Å². The quantitative estimate of drug-likeness (QED) is 0.495. The van der Waals surface area contributed by atoms with Crippen molar-refractivity contribution in [2.45, 2.75) is 38.6 Å². The van der Waals surface area contributed by atoms with Crippen LogP contribution >= 0.6 is 0 Å². The molecule has 1 heterocycles. The van der Waals surface area contributed by atoms with Crippen molar-refractivity contribution >= 4 is 0 Å². The predicted octanol–water partition coefficient (Wildman–Crippen LogP) is 1.88. The van der Waals surface area contributed by atoms with Crippen LogP contribution < -0.4 is 0 Å². The Morgan fingerprint density at radius 3 is 2.30 bits per heavy atom. The van der Waals surface area contributed by atoms with Gasteiger partial charge in [0.15, 0.2) is 0 Å². The summed E-state index contributed by atoms with van der Waals surface area (Å²) >= 11 is 0. The minimum Gasteiger partial charge on any atom is -0.302 e. The van der Waals surface area contributed by atoms with Crippen LogP contribution in [0.2, 0.25) is 0 Å². The van der Waals surface area contributed by atoms with Gasteiger partial charge in [-0.15, -0.1) is 0 Å². The Morgan fingerprint density at radius 2 is 1.90 bits per heavy atom. The first kappa shape index (κ1) is 6.66. The number of rotatable bonds is 0. The molecule has 1 heteroatoms. The van der Waals surface area contributed by atoms with Crippen molar-refractivity contribution in [3.63, 3.8) is 0 Å². The number of nitrogens with zero attached hydrogens (tertiary/aromatic N) is 1. The van der Waals surface area contributed by atoms with Gasteiger partial charge in [0.2, 0.25) is 0 Å². The fourth-order valence-electron chi connectivity index (χ4n) is 2.78. The molecule has 1 saturated heterocycles. The van der Waals surface area contributed by atoms with E-state index in [4.69, 9.17) is 0 Å². The number of hydrogen-bond acceptors (Lipinski definition) is 1. The largest absolute Gasteiger partial charge is 0.302 e. The molecule has 2 fully saturated rings. The monoisotopic (exact) mass is 139 g/mol. The summed E-state index contributed by atoms with van der Waals surface area (Å²) in [5.41, 5.74) is 0.773. The van der Waals surface area contributed by atoms with Crippen LogP contribution in [0.4, 0.5) is 0 Å². The molecule has 1 aliphatic heterocycles. The van der Waals surface area contributed by atoms with E-state index >= 15 is 0 Å². The van der Waals surface area contributed by atoms with Gasteiger partial charge in [-0.2, -0.15) is 0 Å². The van der Waals surface area contributed by atoms with Crippen LogP contribution in [-0.4, -0.2) is 24.5 Å². The summed E-state index contributed by atoms with van der Waals surface area (Å²) in [5, 5.41) is 0. The summed E-state index contributed by atoms with van der Waals surface area (Å²) in [4.78, 5) is 2.48. The lowest BCUT2D eigenvalue weighted by atomic mass is 9.71. The van der Waals surface area contributed by atoms with E-state index in [1.54, 1.807) is 0 Å². The molecule has 0 N–H and O–H groups in total. The molecular weight excluding hydrogens is 122 g/mol. The van der Waals surface area contributed by atoms with Crippen LogP contribution in [0, 0.1) is 5.41 Å². The van der Waals surface area contributed by atoms with Gasteiger partial charge in [0.05, 0.1) is 0 Å². The second kappa shape index (κ2) is 1.97. The first-order valence-electron chi connectivity index (χ1n) is 4.45. The normalized spacial score (nSPS) is 38.4. The Bertz CT molecular complexity index is 136. The highest BCUT2D eigenvalue weighted by Gasteiger charge is 2.48. The standard InChI is InChI=1S/C9H17N/c1-8-9(7-10(8)2)5-3-4-6-9/h8H,3-7H2,1-2H3. The van der Waals surface area contributed by atoms with Crippen LogP contribution in [0.5, 0.6) is 0 Å². The maximum absolute atomic E-state index is 2.48. The molecular formula is C9H17N. The van der Waals surface area contributed by atoms with Crippen molar-refractivity contribution < 1.29 is 0 Å². The Hall–Kier alpha value is -0.0400. The van der Waals surface area contributed by atoms with Crippen molar-refractivity contribution in [1.82, 2.24) is 4.90 Å². The first-order valence-corrected chi connectivity index (χ1v) is 4.45. The maximum atomic E-state index is 2.48. The first-order chi connectivity index (χ1) is 4.75. The average Bonchev–Trinajstić information content (AvgIpc) is 2.38. The molecule has 2 rings (SSSR count). The van der Waals surface area contributed by atoms with Gasteiger partial charge >= 0.3 is 0 Å². The summed E-state index contributed by atoms with van der Waals surface area (Å²) in [5.74, 6) is 0. The van der Waals surface area contributed by atoms with Crippen molar-refractivity contribution in [2.75, 3.05) is 13.6 Å². The SMILES string of the molecule is CC1N(C)CC12CCCC2. The molecule has 1 spiro atoms. The van der Waals surface area contributed by atoms with Gasteiger partial charge in [-0.25, -0.2) is 0 Å². The van der Waals surface area contributed by atoms with E-state index in [-0.39, 0.29) is 0 Å². The molecule has 1 nitrogen and oxygen atoms in total. The third kappa shape index (κ3) is 0.672. The van der Waals surface area contributed by atoms with E-state index in [0.29, 0.717) is 0 Å². The van der Waals surface area contributed by atoms with E-state index in [1.165, 1.54) is 32.2 Å². The highest BCUT2D eigenvalue weighted by atomic mass is 15.2. The van der Waals surface area contributed by atoms with Gasteiger partial charge in [0, 0.05) is 12.6 Å². The summed E-state index contributed by atoms with van der Waals surface area (Å²) in [7, 11) is 2.24. The van der Waals surface area contributed by atoms with Crippen LogP contribution in [0.25, 0.3) is 0 Å². The molecule has 58 valence electrons. The second-order valence-electron chi connectivity index (χ2n) is 4.16. The van der Waals surface area contributed by atoms with E-state index in [9.17, 15) is 0 Å². The molecule has 0 aromatic heterocycles. The fourth-order valence-corrected chi connectivity index (χ4v) is 2.78. The fraction of sp³-hybridized carbons (Fsp3) is 1.00. The molecule has 0 aromatic carbocycles. The van der Waals surface area contributed by atoms with E-state index in [1.807, 2.05) is 0 Å². The molecule has 2 aliphatic rings. The molecule has 1 unspecified atom stereocenters. The van der Waals surface area contributed by atoms with Crippen LogP contribution in [0.15, 0.2) is 0 Å². The third-order valence-corrected chi connectivity index (χ3v) is 3.71. The van der Waals surface area contributed by atoms with Gasteiger partial charge in [0.25, 0.3) is 0 Å². The summed E-state index contributed by atoms with van der Waals surface area (Å²) < 4.78 is 0. The lowest BCUT2D eigenvalue weighted by molar-refractivity contribution is -0.0403. The Morgan fingerprint density at radius 1 is 1.30 bits per heavy atom. The summed E-state index contributed by atoms with van der Waals surface area (Å²) in [6.07, 6.45) is 5.97. The topological polar surface area (TPSA) is 3.24 Å². The van der Waals surface area contributed by atoms with E-state index in [2.05, 4.69) is 18.9 Å². The Balaban J connectivity index is 2.05. The predicted molar refractivity (Wildman–Crippen MR) is 43.0 cm³/mol. The van der Waals surface area contributed by atoms with Gasteiger partial charge in [-0.3, -0.25) is 0 Å². The van der Waals surface area contributed by atoms with Crippen molar-refractivity contribution in [2.24, 2.45) is 5.41 Å². The summed E-state index contributed by atoms with van der Waals surface area (Å²) in [6.45, 7) is 3.75. The highest BCUT2D eigenvalue weighted by Crippen LogP contribution is 2.49. The zero-order chi connectivity index (χ0) is 7.19. The average molecular weight is 139 g/mol. The number of hydrogen-bond donors (Lipinski definition) is 0. The van der Waals surface area contributed by atoms with Crippen molar-refractivity contribution in [3.05, 3.63) is 0 Å². The van der Waals surface area contributed by atoms with E-state index < -0.39 is 0 Å². The number of likely N-dealkylation sites (tertiary alicyclic amines) is 1.